The van der Waals surface area contributed by atoms with Gasteiger partial charge in [0.1, 0.15) is 12.1 Å². The van der Waals surface area contributed by atoms with Crippen LogP contribution in [0, 0.1) is 0 Å². The number of carbonyl (C=O) groups excluding carboxylic acids is 2. The molecule has 1 spiro atoms. The van der Waals surface area contributed by atoms with Crippen LogP contribution in [0.1, 0.15) is 18.4 Å². The third-order valence-electron chi connectivity index (χ3n) is 6.11. The van der Waals surface area contributed by atoms with Crippen LogP contribution < -0.4 is 4.90 Å². The van der Waals surface area contributed by atoms with Gasteiger partial charge in [0.25, 0.3) is 5.91 Å². The molecule has 0 aromatic heterocycles. The zero-order valence-electron chi connectivity index (χ0n) is 17.1. The van der Waals surface area contributed by atoms with Crippen LogP contribution in [0.3, 0.4) is 0 Å². The van der Waals surface area contributed by atoms with Gasteiger partial charge < -0.3 is 14.5 Å². The van der Waals surface area contributed by atoms with E-state index in [2.05, 4.69) is 37.9 Å². The number of amides is 1. The number of hydrogen-bond donors (Lipinski definition) is 0. The van der Waals surface area contributed by atoms with Gasteiger partial charge in [-0.15, -0.1) is 0 Å². The van der Waals surface area contributed by atoms with Gasteiger partial charge in [-0.25, -0.2) is 0 Å². The fourth-order valence-electron chi connectivity index (χ4n) is 4.52. The SMILES string of the molecule is COC(=O)CN1CN(c2ccccc2)C2(CCN(Cc3cccc(Br)c3)CC2)C1=O. The lowest BCUT2D eigenvalue weighted by molar-refractivity contribution is -0.146. The van der Waals surface area contributed by atoms with Crippen molar-refractivity contribution in [3.63, 3.8) is 0 Å². The van der Waals surface area contributed by atoms with E-state index in [4.69, 9.17) is 4.74 Å². The number of para-hydroxylation sites is 1. The van der Waals surface area contributed by atoms with Gasteiger partial charge >= 0.3 is 5.97 Å². The number of nitrogens with zero attached hydrogens (tertiary/aromatic N) is 3. The molecule has 30 heavy (non-hydrogen) atoms. The first-order chi connectivity index (χ1) is 14.5. The fraction of sp³-hybridized carbons (Fsp3) is 0.391. The molecule has 0 atom stereocenters. The van der Waals surface area contributed by atoms with E-state index in [0.29, 0.717) is 6.67 Å². The van der Waals surface area contributed by atoms with Crippen molar-refractivity contribution < 1.29 is 14.3 Å². The Morgan fingerprint density at radius 2 is 1.83 bits per heavy atom. The van der Waals surface area contributed by atoms with Crippen LogP contribution in [-0.4, -0.2) is 60.6 Å². The molecule has 7 heteroatoms. The normalized spacial score (nSPS) is 18.8. The van der Waals surface area contributed by atoms with E-state index in [-0.39, 0.29) is 18.4 Å². The third-order valence-corrected chi connectivity index (χ3v) is 6.60. The molecule has 2 aliphatic heterocycles. The van der Waals surface area contributed by atoms with Crippen LogP contribution in [0.4, 0.5) is 5.69 Å². The lowest BCUT2D eigenvalue weighted by Gasteiger charge is -2.43. The average Bonchev–Trinajstić information content (AvgIpc) is 3.02. The summed E-state index contributed by atoms with van der Waals surface area (Å²) in [6.07, 6.45) is 1.46. The first kappa shape index (κ1) is 20.9. The molecule has 0 N–H and O–H groups in total. The molecule has 2 aromatic rings. The van der Waals surface area contributed by atoms with E-state index in [0.717, 1.165) is 42.6 Å². The highest BCUT2D eigenvalue weighted by Gasteiger charge is 2.54. The van der Waals surface area contributed by atoms with Gasteiger partial charge in [0, 0.05) is 29.8 Å². The van der Waals surface area contributed by atoms with E-state index in [1.165, 1.54) is 12.7 Å². The summed E-state index contributed by atoms with van der Waals surface area (Å²) in [5.41, 5.74) is 1.66. The van der Waals surface area contributed by atoms with E-state index < -0.39 is 5.54 Å². The summed E-state index contributed by atoms with van der Waals surface area (Å²) in [5.74, 6) is -0.362. The minimum absolute atomic E-state index is 0.0117. The number of benzene rings is 2. The number of piperidine rings is 1. The van der Waals surface area contributed by atoms with Crippen molar-refractivity contribution in [3.8, 4) is 0 Å². The van der Waals surface area contributed by atoms with Gasteiger partial charge in [0.05, 0.1) is 13.8 Å². The highest BCUT2D eigenvalue weighted by Crippen LogP contribution is 2.39. The Morgan fingerprint density at radius 3 is 2.50 bits per heavy atom. The second kappa shape index (κ2) is 8.78. The fourth-order valence-corrected chi connectivity index (χ4v) is 4.96. The molecule has 2 fully saturated rings. The van der Waals surface area contributed by atoms with Crippen LogP contribution in [0.15, 0.2) is 59.1 Å². The topological polar surface area (TPSA) is 53.1 Å². The first-order valence-electron chi connectivity index (χ1n) is 10.2. The Morgan fingerprint density at radius 1 is 1.10 bits per heavy atom. The number of methoxy groups -OCH3 is 1. The molecule has 0 radical (unpaired) electrons. The molecule has 2 heterocycles. The van der Waals surface area contributed by atoms with Crippen LogP contribution >= 0.6 is 15.9 Å². The average molecular weight is 472 g/mol. The molecule has 2 aliphatic rings. The third kappa shape index (κ3) is 4.09. The summed E-state index contributed by atoms with van der Waals surface area (Å²) in [4.78, 5) is 31.5. The maximum Gasteiger partial charge on any atom is 0.325 e. The van der Waals surface area contributed by atoms with Crippen LogP contribution in [-0.2, 0) is 20.9 Å². The molecule has 0 saturated carbocycles. The highest BCUT2D eigenvalue weighted by molar-refractivity contribution is 9.10. The quantitative estimate of drug-likeness (QED) is 0.626. The number of halogens is 1. The molecular formula is C23H26BrN3O3. The highest BCUT2D eigenvalue weighted by atomic mass is 79.9. The Bertz CT molecular complexity index is 913. The molecule has 2 aromatic carbocycles. The van der Waals surface area contributed by atoms with Crippen molar-refractivity contribution in [1.29, 1.82) is 0 Å². The molecule has 6 nitrogen and oxygen atoms in total. The van der Waals surface area contributed by atoms with Crippen molar-refractivity contribution in [3.05, 3.63) is 64.6 Å². The van der Waals surface area contributed by atoms with E-state index >= 15 is 0 Å². The predicted molar refractivity (Wildman–Crippen MR) is 119 cm³/mol. The molecule has 4 rings (SSSR count). The largest absolute Gasteiger partial charge is 0.468 e. The zero-order valence-corrected chi connectivity index (χ0v) is 18.7. The Kier molecular flexibility index (Phi) is 6.11. The molecular weight excluding hydrogens is 446 g/mol. The van der Waals surface area contributed by atoms with Crippen molar-refractivity contribution in [1.82, 2.24) is 9.80 Å². The summed E-state index contributed by atoms with van der Waals surface area (Å²) in [6, 6.07) is 18.4. The smallest absolute Gasteiger partial charge is 0.325 e. The van der Waals surface area contributed by atoms with Gasteiger partial charge in [-0.05, 0) is 42.7 Å². The number of carbonyl (C=O) groups is 2. The van der Waals surface area contributed by atoms with Crippen LogP contribution in [0.25, 0.3) is 0 Å². The summed E-state index contributed by atoms with van der Waals surface area (Å²) in [5, 5.41) is 0. The lowest BCUT2D eigenvalue weighted by Crippen LogP contribution is -2.56. The first-order valence-corrected chi connectivity index (χ1v) is 11.0. The maximum absolute atomic E-state index is 13.5. The van der Waals surface area contributed by atoms with Gasteiger partial charge in [-0.1, -0.05) is 46.3 Å². The minimum Gasteiger partial charge on any atom is -0.468 e. The lowest BCUT2D eigenvalue weighted by atomic mass is 9.85. The number of ether oxygens (including phenoxy) is 1. The Labute approximate surface area is 185 Å². The molecule has 0 unspecified atom stereocenters. The van der Waals surface area contributed by atoms with E-state index in [1.54, 1.807) is 4.90 Å². The number of hydrogen-bond acceptors (Lipinski definition) is 5. The van der Waals surface area contributed by atoms with Crippen molar-refractivity contribution in [2.24, 2.45) is 0 Å². The monoisotopic (exact) mass is 471 g/mol. The molecule has 158 valence electrons. The second-order valence-corrected chi connectivity index (χ2v) is 8.84. The number of anilines is 1. The zero-order chi connectivity index (χ0) is 21.1. The van der Waals surface area contributed by atoms with Gasteiger partial charge in [-0.3, -0.25) is 14.5 Å². The standard InChI is InChI=1S/C23H26BrN3O3/c1-30-21(28)16-26-17-27(20-8-3-2-4-9-20)23(22(26)29)10-12-25(13-11-23)15-18-6-5-7-19(24)14-18/h2-9,14H,10-13,15-17H2,1H3. The maximum atomic E-state index is 13.5. The Balaban J connectivity index is 1.53. The molecule has 1 amide bonds. The van der Waals surface area contributed by atoms with E-state index in [1.807, 2.05) is 42.5 Å². The summed E-state index contributed by atoms with van der Waals surface area (Å²) < 4.78 is 5.88. The molecule has 2 saturated heterocycles. The van der Waals surface area contributed by atoms with Crippen molar-refractivity contribution >= 4 is 33.5 Å². The van der Waals surface area contributed by atoms with Crippen LogP contribution in [0.2, 0.25) is 0 Å². The number of esters is 1. The van der Waals surface area contributed by atoms with Crippen molar-refractivity contribution in [2.75, 3.05) is 38.3 Å². The number of likely N-dealkylation sites (tertiary alicyclic amines) is 1. The Hall–Kier alpha value is -2.38. The van der Waals surface area contributed by atoms with Crippen LogP contribution in [0.5, 0.6) is 0 Å². The van der Waals surface area contributed by atoms with Gasteiger partial charge in [0.15, 0.2) is 0 Å². The van der Waals surface area contributed by atoms with Crippen molar-refractivity contribution in [2.45, 2.75) is 24.9 Å². The molecule has 0 aliphatic carbocycles. The minimum atomic E-state index is -0.608. The molecule has 0 bridgehead atoms. The van der Waals surface area contributed by atoms with E-state index in [9.17, 15) is 9.59 Å². The summed E-state index contributed by atoms with van der Waals surface area (Å²) in [7, 11) is 1.36. The number of rotatable bonds is 5. The van der Waals surface area contributed by atoms with Gasteiger partial charge in [-0.2, -0.15) is 0 Å². The predicted octanol–water partition coefficient (Wildman–Crippen LogP) is 3.26. The second-order valence-electron chi connectivity index (χ2n) is 7.92. The summed E-state index contributed by atoms with van der Waals surface area (Å²) >= 11 is 3.54. The van der Waals surface area contributed by atoms with Gasteiger partial charge in [0.2, 0.25) is 0 Å². The summed E-state index contributed by atoms with van der Waals surface area (Å²) in [6.45, 7) is 2.91.